The predicted molar refractivity (Wildman–Crippen MR) is 147 cm³/mol. The van der Waals surface area contributed by atoms with Crippen LogP contribution >= 0.6 is 0 Å². The van der Waals surface area contributed by atoms with Crippen molar-refractivity contribution >= 4 is 23.1 Å². The van der Waals surface area contributed by atoms with Gasteiger partial charge in [0.25, 0.3) is 0 Å². The number of nitrogens with zero attached hydrogens (tertiary/aromatic N) is 7. The van der Waals surface area contributed by atoms with Crippen molar-refractivity contribution in [3.8, 4) is 17.6 Å². The summed E-state index contributed by atoms with van der Waals surface area (Å²) in [6, 6.07) is 16.3. The van der Waals surface area contributed by atoms with E-state index in [1.165, 1.54) is 11.9 Å². The first-order chi connectivity index (χ1) is 19.5. The standard InChI is InChI=1S/C29H27N9O2/c1-19-14-21(2-3-24(19)40-22-6-12-37-25(15-22)31-17-33-37)35-27-26-23(7-13-38(26)34-18-32-27)20-4-10-36(11-5-20)28(39)29(16-30)8-9-29/h6-7,12-15,17,20,34H,4-5,8-11,18H2,1H3,(H,32,35). The lowest BCUT2D eigenvalue weighted by Gasteiger charge is -2.34. The van der Waals surface area contributed by atoms with E-state index in [-0.39, 0.29) is 5.91 Å². The quantitative estimate of drug-likeness (QED) is 0.401. The highest BCUT2D eigenvalue weighted by Gasteiger charge is 2.52. The first kappa shape index (κ1) is 24.0. The fourth-order valence-corrected chi connectivity index (χ4v) is 5.54. The second-order valence-corrected chi connectivity index (χ2v) is 10.5. The largest absolute Gasteiger partial charge is 0.448 e. The summed E-state index contributed by atoms with van der Waals surface area (Å²) >= 11 is 0. The summed E-state index contributed by atoms with van der Waals surface area (Å²) in [7, 11) is 0. The first-order valence-corrected chi connectivity index (χ1v) is 13.4. The molecule has 0 spiro atoms. The molecule has 1 aromatic carbocycles. The number of carbonyl (C=O) groups excluding carboxylic acids is 1. The number of nitrogens with one attached hydrogen (secondary N) is 2. The van der Waals surface area contributed by atoms with Crippen molar-refractivity contribution in [1.29, 1.82) is 5.26 Å². The average Bonchev–Trinajstić information content (AvgIpc) is 3.42. The van der Waals surface area contributed by atoms with E-state index in [1.54, 1.807) is 10.7 Å². The fourth-order valence-electron chi connectivity index (χ4n) is 5.54. The highest BCUT2D eigenvalue weighted by Crippen LogP contribution is 2.47. The zero-order chi connectivity index (χ0) is 27.3. The van der Waals surface area contributed by atoms with Crippen LogP contribution < -0.4 is 15.5 Å². The van der Waals surface area contributed by atoms with E-state index in [4.69, 9.17) is 9.73 Å². The number of fused-ring (bicyclic) bond motifs is 2. The van der Waals surface area contributed by atoms with Gasteiger partial charge in [-0.05, 0) is 74.4 Å². The third kappa shape index (κ3) is 4.16. The minimum atomic E-state index is -0.757. The minimum Gasteiger partial charge on any atom is -0.448 e. The highest BCUT2D eigenvalue weighted by molar-refractivity contribution is 6.08. The molecule has 2 aliphatic heterocycles. The van der Waals surface area contributed by atoms with E-state index in [9.17, 15) is 10.1 Å². The third-order valence-electron chi connectivity index (χ3n) is 7.97. The number of hydrogen-bond acceptors (Lipinski definition) is 8. The van der Waals surface area contributed by atoms with Gasteiger partial charge in [-0.3, -0.25) is 9.47 Å². The maximum atomic E-state index is 12.8. The molecule has 200 valence electrons. The molecule has 3 aromatic heterocycles. The number of piperidine rings is 1. The molecule has 11 nitrogen and oxygen atoms in total. The number of amidine groups is 1. The molecule has 7 rings (SSSR count). The van der Waals surface area contributed by atoms with Crippen LogP contribution in [0.15, 0.2) is 48.0 Å². The van der Waals surface area contributed by atoms with Crippen LogP contribution in [0, 0.1) is 35.8 Å². The highest BCUT2D eigenvalue weighted by atomic mass is 16.5. The molecular weight excluding hydrogens is 506 g/mol. The molecular formula is C29H27N9O2. The van der Waals surface area contributed by atoms with Crippen molar-refractivity contribution in [3.05, 3.63) is 71.9 Å². The molecule has 1 amide bonds. The summed E-state index contributed by atoms with van der Waals surface area (Å²) in [6.45, 7) is 3.74. The van der Waals surface area contributed by atoms with Crippen LogP contribution in [-0.2, 0) is 4.79 Å². The molecule has 2 fully saturated rings. The van der Waals surface area contributed by atoms with Crippen LogP contribution in [-0.4, -0.2) is 55.7 Å². The Balaban J connectivity index is 1.06. The fraction of sp³-hybridized carbons (Fsp3) is 0.345. The number of aliphatic imine (C=N–C) groups is 1. The van der Waals surface area contributed by atoms with Crippen molar-refractivity contribution in [2.24, 2.45) is 10.4 Å². The Kier molecular flexibility index (Phi) is 5.60. The lowest BCUT2D eigenvalue weighted by atomic mass is 9.88. The number of carbonyl (C=O) groups is 1. The van der Waals surface area contributed by atoms with Crippen molar-refractivity contribution < 1.29 is 9.53 Å². The Morgan fingerprint density at radius 2 is 2.08 bits per heavy atom. The Bertz CT molecular complexity index is 1680. The van der Waals surface area contributed by atoms with Gasteiger partial charge in [-0.2, -0.15) is 10.4 Å². The first-order valence-electron chi connectivity index (χ1n) is 13.4. The number of aryl methyl sites for hydroxylation is 1. The van der Waals surface area contributed by atoms with Gasteiger partial charge in [0.2, 0.25) is 5.91 Å². The molecule has 0 unspecified atom stereocenters. The van der Waals surface area contributed by atoms with E-state index in [0.29, 0.717) is 55.7 Å². The second kappa shape index (κ2) is 9.31. The number of pyridine rings is 1. The summed E-state index contributed by atoms with van der Waals surface area (Å²) in [6.07, 6.45) is 8.40. The number of nitriles is 1. The van der Waals surface area contributed by atoms with E-state index in [1.807, 2.05) is 40.9 Å². The SMILES string of the molecule is Cc1cc(NC2=NCNn3ccc(C4CCN(C(=O)C5(C#N)CC5)CC4)c32)c#cc1Oc1ccn2ncnc2c1. The van der Waals surface area contributed by atoms with Crippen molar-refractivity contribution in [2.45, 2.75) is 38.5 Å². The number of amides is 1. The van der Waals surface area contributed by atoms with Crippen LogP contribution in [0.4, 0.5) is 5.69 Å². The van der Waals surface area contributed by atoms with Gasteiger partial charge in [0.1, 0.15) is 29.9 Å². The van der Waals surface area contributed by atoms with Crippen LogP contribution in [0.5, 0.6) is 11.5 Å². The average molecular weight is 534 g/mol. The van der Waals surface area contributed by atoms with Gasteiger partial charge in [0.15, 0.2) is 17.2 Å². The van der Waals surface area contributed by atoms with E-state index < -0.39 is 5.41 Å². The molecule has 0 bridgehead atoms. The number of ether oxygens (including phenoxy) is 1. The summed E-state index contributed by atoms with van der Waals surface area (Å²) < 4.78 is 9.73. The maximum Gasteiger partial charge on any atom is 0.243 e. The molecule has 11 heteroatoms. The smallest absolute Gasteiger partial charge is 0.243 e. The maximum absolute atomic E-state index is 12.8. The normalized spacial score (nSPS) is 17.7. The number of hydrogen-bond donors (Lipinski definition) is 2. The molecule has 5 heterocycles. The Labute approximate surface area is 231 Å². The van der Waals surface area contributed by atoms with Crippen LogP contribution in [0.25, 0.3) is 5.65 Å². The third-order valence-corrected chi connectivity index (χ3v) is 7.97. The molecule has 0 radical (unpaired) electrons. The molecule has 1 aliphatic carbocycles. The number of likely N-dealkylation sites (tertiary alicyclic amines) is 1. The Morgan fingerprint density at radius 1 is 1.23 bits per heavy atom. The van der Waals surface area contributed by atoms with Gasteiger partial charge >= 0.3 is 0 Å². The Morgan fingerprint density at radius 3 is 2.85 bits per heavy atom. The molecule has 4 aromatic rings. The van der Waals surface area contributed by atoms with Gasteiger partial charge in [0, 0.05) is 37.1 Å². The van der Waals surface area contributed by atoms with Crippen LogP contribution in [0.3, 0.4) is 0 Å². The van der Waals surface area contributed by atoms with Gasteiger partial charge in [-0.25, -0.2) is 14.5 Å². The molecule has 0 atom stereocenters. The second-order valence-electron chi connectivity index (χ2n) is 10.5. The van der Waals surface area contributed by atoms with Gasteiger partial charge in [-0.15, -0.1) is 0 Å². The summed E-state index contributed by atoms with van der Waals surface area (Å²) in [5, 5.41) is 17.0. The van der Waals surface area contributed by atoms with Crippen LogP contribution in [0.1, 0.15) is 48.4 Å². The van der Waals surface area contributed by atoms with Gasteiger partial charge in [-0.1, -0.05) is 0 Å². The Hall–Kier alpha value is -5.03. The zero-order valence-corrected chi connectivity index (χ0v) is 22.0. The molecule has 40 heavy (non-hydrogen) atoms. The number of aromatic nitrogens is 4. The summed E-state index contributed by atoms with van der Waals surface area (Å²) in [5.41, 5.74) is 7.06. The lowest BCUT2D eigenvalue weighted by Crippen LogP contribution is -2.42. The van der Waals surface area contributed by atoms with Crippen molar-refractivity contribution in [3.63, 3.8) is 0 Å². The number of anilines is 1. The summed E-state index contributed by atoms with van der Waals surface area (Å²) in [4.78, 5) is 23.6. The summed E-state index contributed by atoms with van der Waals surface area (Å²) in [5.74, 6) is 2.28. The monoisotopic (exact) mass is 533 g/mol. The number of rotatable bonds is 5. The zero-order valence-electron chi connectivity index (χ0n) is 22.0. The molecule has 2 N–H and O–H groups in total. The molecule has 1 saturated carbocycles. The lowest BCUT2D eigenvalue weighted by molar-refractivity contribution is -0.136. The van der Waals surface area contributed by atoms with Gasteiger partial charge in [0.05, 0.1) is 11.8 Å². The van der Waals surface area contributed by atoms with E-state index in [2.05, 4.69) is 45.1 Å². The van der Waals surface area contributed by atoms with Gasteiger partial charge < -0.3 is 20.4 Å². The topological polar surface area (TPSA) is 125 Å². The van der Waals surface area contributed by atoms with E-state index in [0.717, 1.165) is 35.6 Å². The predicted octanol–water partition coefficient (Wildman–Crippen LogP) is 3.61. The van der Waals surface area contributed by atoms with Crippen LogP contribution in [0.2, 0.25) is 0 Å². The molecule has 3 aliphatic rings. The van der Waals surface area contributed by atoms with Crippen molar-refractivity contribution in [2.75, 3.05) is 30.5 Å². The van der Waals surface area contributed by atoms with Crippen molar-refractivity contribution in [1.82, 2.24) is 24.2 Å². The minimum absolute atomic E-state index is 0.00612. The van der Waals surface area contributed by atoms with E-state index >= 15 is 0 Å². The molecule has 1 saturated heterocycles.